The largest absolute Gasteiger partial charge is 0.374 e. The molecule has 0 bridgehead atoms. The van der Waals surface area contributed by atoms with Crippen LogP contribution in [-0.2, 0) is 16.6 Å². The Morgan fingerprint density at radius 1 is 1.44 bits per heavy atom. The van der Waals surface area contributed by atoms with Crippen molar-refractivity contribution in [2.24, 2.45) is 0 Å². The van der Waals surface area contributed by atoms with Crippen molar-refractivity contribution in [3.05, 3.63) is 16.1 Å². The molecule has 2 heterocycles. The molecule has 0 saturated heterocycles. The zero-order valence-corrected chi connectivity index (χ0v) is 12.1. The normalized spacial score (nSPS) is 12.2. The zero-order chi connectivity index (χ0) is 13.3. The highest BCUT2D eigenvalue weighted by Gasteiger charge is 2.26. The number of anilines is 1. The lowest BCUT2D eigenvalue weighted by Crippen LogP contribution is -2.26. The molecule has 98 valence electrons. The van der Waals surface area contributed by atoms with Gasteiger partial charge < -0.3 is 5.73 Å². The molecule has 2 rings (SSSR count). The minimum absolute atomic E-state index is 0.0929. The van der Waals surface area contributed by atoms with Crippen molar-refractivity contribution in [1.29, 1.82) is 0 Å². The van der Waals surface area contributed by atoms with Gasteiger partial charge in [0.15, 0.2) is 0 Å². The summed E-state index contributed by atoms with van der Waals surface area (Å²) in [4.78, 5) is 4.98. The monoisotopic (exact) mass is 305 g/mol. The van der Waals surface area contributed by atoms with Crippen LogP contribution in [0.5, 0.6) is 0 Å². The average molecular weight is 305 g/mol. The van der Waals surface area contributed by atoms with Crippen LogP contribution in [0.2, 0.25) is 0 Å². The molecule has 2 aromatic heterocycles. The first-order valence-electron chi connectivity index (χ1n) is 4.85. The van der Waals surface area contributed by atoms with E-state index in [1.165, 1.54) is 22.7 Å². The highest BCUT2D eigenvalue weighted by Crippen LogP contribution is 2.23. The third kappa shape index (κ3) is 2.51. The van der Waals surface area contributed by atoms with Gasteiger partial charge in [0.2, 0.25) is 9.47 Å². The first-order chi connectivity index (χ1) is 8.41. The molecule has 2 aromatic rings. The van der Waals surface area contributed by atoms with Gasteiger partial charge >= 0.3 is 0 Å². The van der Waals surface area contributed by atoms with E-state index in [1.807, 2.05) is 6.92 Å². The maximum Gasteiger partial charge on any atom is 0.272 e. The van der Waals surface area contributed by atoms with Crippen LogP contribution < -0.4 is 5.73 Å². The number of thiazole rings is 1. The van der Waals surface area contributed by atoms with Crippen LogP contribution >= 0.6 is 22.7 Å². The molecule has 0 radical (unpaired) electrons. The quantitative estimate of drug-likeness (QED) is 0.892. The van der Waals surface area contributed by atoms with Gasteiger partial charge in [-0.1, -0.05) is 11.3 Å². The van der Waals surface area contributed by atoms with Crippen LogP contribution in [0.25, 0.3) is 0 Å². The van der Waals surface area contributed by atoms with Crippen LogP contribution in [0.4, 0.5) is 5.13 Å². The molecule has 2 N–H and O–H groups in total. The Morgan fingerprint density at radius 3 is 2.67 bits per heavy atom. The zero-order valence-electron chi connectivity index (χ0n) is 9.69. The highest BCUT2D eigenvalue weighted by atomic mass is 32.2. The van der Waals surface area contributed by atoms with E-state index in [-0.39, 0.29) is 16.0 Å². The molecule has 7 nitrogen and oxygen atoms in total. The predicted octanol–water partition coefficient (Wildman–Crippen LogP) is 0.706. The molecule has 0 fully saturated rings. The van der Waals surface area contributed by atoms with E-state index in [1.54, 1.807) is 5.51 Å². The fraction of sp³-hybridized carbons (Fsp3) is 0.375. The van der Waals surface area contributed by atoms with Crippen molar-refractivity contribution >= 4 is 37.8 Å². The van der Waals surface area contributed by atoms with Gasteiger partial charge in [0, 0.05) is 18.5 Å². The standard InChI is InChI=1S/C8H11N5O2S3/c1-5-6(16-4-10-5)3-13(2)18(14,15)8-12-11-7(9)17-8/h4H,3H2,1-2H3,(H2,9,11). The average Bonchev–Trinajstić information content (AvgIpc) is 2.89. The molecule has 0 aromatic carbocycles. The van der Waals surface area contributed by atoms with Gasteiger partial charge in [-0.05, 0) is 6.92 Å². The number of sulfonamides is 1. The molecule has 0 saturated carbocycles. The van der Waals surface area contributed by atoms with Crippen LogP contribution in [-0.4, -0.2) is 35.0 Å². The smallest absolute Gasteiger partial charge is 0.272 e. The van der Waals surface area contributed by atoms with Gasteiger partial charge in [-0.15, -0.1) is 21.5 Å². The minimum Gasteiger partial charge on any atom is -0.374 e. The van der Waals surface area contributed by atoms with E-state index in [2.05, 4.69) is 15.2 Å². The summed E-state index contributed by atoms with van der Waals surface area (Å²) in [6, 6.07) is 0. The van der Waals surface area contributed by atoms with E-state index in [4.69, 9.17) is 5.73 Å². The number of nitrogens with two attached hydrogens (primary N) is 1. The molecule has 0 unspecified atom stereocenters. The van der Waals surface area contributed by atoms with Gasteiger partial charge in [0.1, 0.15) is 0 Å². The summed E-state index contributed by atoms with van der Waals surface area (Å²) in [5.74, 6) is 0. The fourth-order valence-electron chi connectivity index (χ4n) is 1.22. The molecular weight excluding hydrogens is 294 g/mol. The Balaban J connectivity index is 2.23. The second-order valence-electron chi connectivity index (χ2n) is 3.53. The third-order valence-electron chi connectivity index (χ3n) is 2.26. The first-order valence-corrected chi connectivity index (χ1v) is 7.99. The van der Waals surface area contributed by atoms with E-state index in [0.717, 1.165) is 21.9 Å². The molecule has 0 aliphatic rings. The highest BCUT2D eigenvalue weighted by molar-refractivity contribution is 7.91. The molecule has 0 atom stereocenters. The predicted molar refractivity (Wildman–Crippen MR) is 69.8 cm³/mol. The van der Waals surface area contributed by atoms with Crippen molar-refractivity contribution in [2.75, 3.05) is 12.8 Å². The fourth-order valence-corrected chi connectivity index (χ4v) is 4.25. The van der Waals surface area contributed by atoms with Gasteiger partial charge in [0.25, 0.3) is 10.0 Å². The van der Waals surface area contributed by atoms with E-state index in [0.29, 0.717) is 0 Å². The summed E-state index contributed by atoms with van der Waals surface area (Å²) in [6.45, 7) is 2.10. The molecule has 0 aliphatic heterocycles. The number of rotatable bonds is 4. The number of nitrogen functional groups attached to an aromatic ring is 1. The maximum absolute atomic E-state index is 12.1. The molecule has 18 heavy (non-hydrogen) atoms. The van der Waals surface area contributed by atoms with Crippen LogP contribution in [0.3, 0.4) is 0 Å². The summed E-state index contributed by atoms with van der Waals surface area (Å²) >= 11 is 2.27. The van der Waals surface area contributed by atoms with Gasteiger partial charge in [-0.3, -0.25) is 0 Å². The Bertz CT molecular complexity index is 647. The number of nitrogens with zero attached hydrogens (tertiary/aromatic N) is 4. The van der Waals surface area contributed by atoms with Crippen LogP contribution in [0.1, 0.15) is 10.6 Å². The summed E-state index contributed by atoms with van der Waals surface area (Å²) in [7, 11) is -2.14. The van der Waals surface area contributed by atoms with Crippen molar-refractivity contribution in [1.82, 2.24) is 19.5 Å². The van der Waals surface area contributed by atoms with E-state index in [9.17, 15) is 8.42 Å². The third-order valence-corrected chi connectivity index (χ3v) is 6.09. The van der Waals surface area contributed by atoms with Crippen molar-refractivity contribution in [3.8, 4) is 0 Å². The Kier molecular flexibility index (Phi) is 3.61. The number of aryl methyl sites for hydroxylation is 1. The summed E-state index contributed by atoms with van der Waals surface area (Å²) < 4.78 is 25.4. The summed E-state index contributed by atoms with van der Waals surface area (Å²) in [5, 5.41) is 7.21. The van der Waals surface area contributed by atoms with Crippen molar-refractivity contribution in [2.45, 2.75) is 17.8 Å². The Hall–Kier alpha value is -1.10. The number of hydrogen-bond donors (Lipinski definition) is 1. The first kappa shape index (κ1) is 13.3. The topological polar surface area (TPSA) is 102 Å². The van der Waals surface area contributed by atoms with Crippen LogP contribution in [0, 0.1) is 6.92 Å². The molecule has 0 amide bonds. The summed E-state index contributed by atoms with van der Waals surface area (Å²) in [6.07, 6.45) is 0. The molecule has 0 aliphatic carbocycles. The molecule has 10 heteroatoms. The van der Waals surface area contributed by atoms with Gasteiger partial charge in [-0.2, -0.15) is 4.31 Å². The SMILES string of the molecule is Cc1ncsc1CN(C)S(=O)(=O)c1nnc(N)s1. The molecular formula is C8H11N5O2S3. The summed E-state index contributed by atoms with van der Waals surface area (Å²) in [5.41, 5.74) is 7.91. The number of hydrogen-bond acceptors (Lipinski definition) is 8. The van der Waals surface area contributed by atoms with Crippen LogP contribution in [0.15, 0.2) is 9.85 Å². The van der Waals surface area contributed by atoms with Crippen molar-refractivity contribution in [3.63, 3.8) is 0 Å². The lowest BCUT2D eigenvalue weighted by atomic mass is 10.4. The second-order valence-corrected chi connectivity index (χ2v) is 7.70. The van der Waals surface area contributed by atoms with Gasteiger partial charge in [-0.25, -0.2) is 13.4 Å². The van der Waals surface area contributed by atoms with Crippen molar-refractivity contribution < 1.29 is 8.42 Å². The second kappa shape index (κ2) is 4.88. The Morgan fingerprint density at radius 2 is 2.17 bits per heavy atom. The lowest BCUT2D eigenvalue weighted by Gasteiger charge is -2.13. The lowest BCUT2D eigenvalue weighted by molar-refractivity contribution is 0.467. The minimum atomic E-state index is -3.63. The maximum atomic E-state index is 12.1. The van der Waals surface area contributed by atoms with E-state index >= 15 is 0 Å². The van der Waals surface area contributed by atoms with Gasteiger partial charge in [0.05, 0.1) is 11.2 Å². The number of aromatic nitrogens is 3. The van der Waals surface area contributed by atoms with E-state index < -0.39 is 10.0 Å². The molecule has 0 spiro atoms. The Labute approximate surface area is 112 Å².